The third kappa shape index (κ3) is 4.51. The minimum atomic E-state index is -0.261. The second-order valence-electron chi connectivity index (χ2n) is 4.30. The summed E-state index contributed by atoms with van der Waals surface area (Å²) in [6.45, 7) is 0.238. The first-order valence-electron chi connectivity index (χ1n) is 6.32. The minimum Gasteiger partial charge on any atom is -0.482 e. The van der Waals surface area contributed by atoms with Gasteiger partial charge in [0.05, 0.1) is 5.56 Å². The van der Waals surface area contributed by atoms with Crippen LogP contribution < -0.4 is 10.1 Å². The molecule has 0 saturated heterocycles. The van der Waals surface area contributed by atoms with Gasteiger partial charge < -0.3 is 10.1 Å². The van der Waals surface area contributed by atoms with Crippen molar-refractivity contribution >= 4 is 17.5 Å². The predicted octanol–water partition coefficient (Wildman–Crippen LogP) is 2.91. The van der Waals surface area contributed by atoms with Gasteiger partial charge in [-0.2, -0.15) is 5.26 Å². The summed E-state index contributed by atoms with van der Waals surface area (Å²) >= 11 is 5.87. The molecule has 0 aliphatic carbocycles. The van der Waals surface area contributed by atoms with Crippen LogP contribution in [0.1, 0.15) is 11.1 Å². The van der Waals surface area contributed by atoms with Crippen LogP contribution in [0.4, 0.5) is 0 Å². The highest BCUT2D eigenvalue weighted by molar-refractivity contribution is 6.30. The third-order valence-electron chi connectivity index (χ3n) is 2.74. The predicted molar refractivity (Wildman–Crippen MR) is 80.0 cm³/mol. The number of carbonyl (C=O) groups is 1. The van der Waals surface area contributed by atoms with Crippen LogP contribution in [0, 0.1) is 11.3 Å². The molecule has 106 valence electrons. The van der Waals surface area contributed by atoms with Crippen molar-refractivity contribution in [3.8, 4) is 11.8 Å². The highest BCUT2D eigenvalue weighted by Crippen LogP contribution is 2.16. The molecule has 0 aromatic heterocycles. The lowest BCUT2D eigenvalue weighted by atomic mass is 10.2. The van der Waals surface area contributed by atoms with Crippen molar-refractivity contribution in [3.63, 3.8) is 0 Å². The van der Waals surface area contributed by atoms with E-state index in [1.807, 2.05) is 18.2 Å². The van der Waals surface area contributed by atoms with Crippen molar-refractivity contribution in [1.82, 2.24) is 5.32 Å². The molecule has 0 saturated carbocycles. The number of carbonyl (C=O) groups excluding carboxylic acids is 1. The zero-order chi connectivity index (χ0) is 15.1. The van der Waals surface area contributed by atoms with Gasteiger partial charge in [-0.15, -0.1) is 0 Å². The molecule has 21 heavy (non-hydrogen) atoms. The van der Waals surface area contributed by atoms with Crippen LogP contribution in [-0.2, 0) is 11.3 Å². The maximum Gasteiger partial charge on any atom is 0.258 e. The molecule has 0 fully saturated rings. The number of nitriles is 1. The van der Waals surface area contributed by atoms with Crippen LogP contribution in [0.25, 0.3) is 0 Å². The molecule has 0 radical (unpaired) electrons. The second kappa shape index (κ2) is 7.32. The van der Waals surface area contributed by atoms with E-state index < -0.39 is 0 Å². The van der Waals surface area contributed by atoms with E-state index in [2.05, 4.69) is 5.32 Å². The van der Waals surface area contributed by atoms with Crippen LogP contribution >= 0.6 is 11.6 Å². The highest BCUT2D eigenvalue weighted by atomic mass is 35.5. The SMILES string of the molecule is N#Cc1ccccc1OCC(=O)NCc1cccc(Cl)c1. The molecule has 0 unspecified atom stereocenters. The number of hydrogen-bond donors (Lipinski definition) is 1. The number of nitrogens with zero attached hydrogens (tertiary/aromatic N) is 1. The molecule has 0 heterocycles. The number of rotatable bonds is 5. The Balaban J connectivity index is 1.84. The normalized spacial score (nSPS) is 9.71. The summed E-state index contributed by atoms with van der Waals surface area (Å²) in [5.74, 6) is 0.139. The average Bonchev–Trinajstić information content (AvgIpc) is 2.51. The van der Waals surface area contributed by atoms with E-state index in [1.54, 1.807) is 36.4 Å². The largest absolute Gasteiger partial charge is 0.482 e. The highest BCUT2D eigenvalue weighted by Gasteiger charge is 2.06. The molecule has 2 aromatic rings. The van der Waals surface area contributed by atoms with Gasteiger partial charge in [-0.25, -0.2) is 0 Å². The Kier molecular flexibility index (Phi) is 5.19. The Bertz CT molecular complexity index is 680. The van der Waals surface area contributed by atoms with Gasteiger partial charge in [0.2, 0.25) is 0 Å². The van der Waals surface area contributed by atoms with Gasteiger partial charge in [-0.1, -0.05) is 35.9 Å². The maximum atomic E-state index is 11.7. The molecule has 0 bridgehead atoms. The standard InChI is InChI=1S/C16H13ClN2O2/c17-14-6-3-4-12(8-14)10-19-16(20)11-21-15-7-2-1-5-13(15)9-18/h1-8H,10-11H2,(H,19,20). The smallest absolute Gasteiger partial charge is 0.258 e. The van der Waals surface area contributed by atoms with E-state index >= 15 is 0 Å². The fourth-order valence-electron chi connectivity index (χ4n) is 1.73. The molecule has 0 spiro atoms. The van der Waals surface area contributed by atoms with Gasteiger partial charge in [0.1, 0.15) is 11.8 Å². The molecule has 0 atom stereocenters. The van der Waals surface area contributed by atoms with E-state index in [0.717, 1.165) is 5.56 Å². The zero-order valence-corrected chi connectivity index (χ0v) is 11.9. The number of halogens is 1. The first-order valence-corrected chi connectivity index (χ1v) is 6.70. The summed E-state index contributed by atoms with van der Waals surface area (Å²) in [7, 11) is 0. The number of benzene rings is 2. The molecule has 2 aromatic carbocycles. The Hall–Kier alpha value is -2.51. The first kappa shape index (κ1) is 14.9. The number of hydrogen-bond acceptors (Lipinski definition) is 3. The van der Waals surface area contributed by atoms with Gasteiger partial charge in [0.25, 0.3) is 5.91 Å². The molecular weight excluding hydrogens is 288 g/mol. The second-order valence-corrected chi connectivity index (χ2v) is 4.74. The van der Waals surface area contributed by atoms with Gasteiger partial charge in [0.15, 0.2) is 6.61 Å². The fraction of sp³-hybridized carbons (Fsp3) is 0.125. The molecule has 5 heteroatoms. The van der Waals surface area contributed by atoms with Crippen molar-refractivity contribution in [2.45, 2.75) is 6.54 Å². The monoisotopic (exact) mass is 300 g/mol. The molecule has 2 rings (SSSR count). The van der Waals surface area contributed by atoms with Crippen molar-refractivity contribution in [1.29, 1.82) is 5.26 Å². The molecule has 0 aliphatic rings. The van der Waals surface area contributed by atoms with Crippen LogP contribution in [0.15, 0.2) is 48.5 Å². The summed E-state index contributed by atoms with van der Waals surface area (Å²) in [5, 5.41) is 12.3. The summed E-state index contributed by atoms with van der Waals surface area (Å²) in [4.78, 5) is 11.7. The zero-order valence-electron chi connectivity index (χ0n) is 11.2. The van der Waals surface area contributed by atoms with Gasteiger partial charge in [-0.3, -0.25) is 4.79 Å². The minimum absolute atomic E-state index is 0.140. The summed E-state index contributed by atoms with van der Waals surface area (Å²) in [6, 6.07) is 16.1. The number of para-hydroxylation sites is 1. The van der Waals surface area contributed by atoms with E-state index in [-0.39, 0.29) is 12.5 Å². The quantitative estimate of drug-likeness (QED) is 0.923. The van der Waals surface area contributed by atoms with Crippen molar-refractivity contribution in [2.24, 2.45) is 0 Å². The van der Waals surface area contributed by atoms with Crippen molar-refractivity contribution in [2.75, 3.05) is 6.61 Å². The van der Waals surface area contributed by atoms with Crippen LogP contribution in [0.2, 0.25) is 5.02 Å². The first-order chi connectivity index (χ1) is 10.2. The van der Waals surface area contributed by atoms with Crippen molar-refractivity contribution in [3.05, 3.63) is 64.7 Å². The van der Waals surface area contributed by atoms with Crippen molar-refractivity contribution < 1.29 is 9.53 Å². The van der Waals surface area contributed by atoms with Crippen LogP contribution in [0.3, 0.4) is 0 Å². The number of ether oxygens (including phenoxy) is 1. The van der Waals surface area contributed by atoms with E-state index in [0.29, 0.717) is 22.9 Å². The van der Waals surface area contributed by atoms with Gasteiger partial charge in [0, 0.05) is 11.6 Å². The Labute approximate surface area is 127 Å². The lowest BCUT2D eigenvalue weighted by Gasteiger charge is -2.08. The number of nitrogens with one attached hydrogen (secondary N) is 1. The molecular formula is C16H13ClN2O2. The third-order valence-corrected chi connectivity index (χ3v) is 2.98. The van der Waals surface area contributed by atoms with E-state index in [4.69, 9.17) is 21.6 Å². The maximum absolute atomic E-state index is 11.7. The Morgan fingerprint density at radius 1 is 1.24 bits per heavy atom. The summed E-state index contributed by atoms with van der Waals surface area (Å²) in [5.41, 5.74) is 1.31. The topological polar surface area (TPSA) is 62.1 Å². The van der Waals surface area contributed by atoms with Gasteiger partial charge >= 0.3 is 0 Å². The van der Waals surface area contributed by atoms with E-state index in [1.165, 1.54) is 0 Å². The lowest BCUT2D eigenvalue weighted by molar-refractivity contribution is -0.123. The Morgan fingerprint density at radius 3 is 2.81 bits per heavy atom. The molecule has 1 amide bonds. The molecule has 4 nitrogen and oxygen atoms in total. The lowest BCUT2D eigenvalue weighted by Crippen LogP contribution is -2.28. The summed E-state index contributed by atoms with van der Waals surface area (Å²) in [6.07, 6.45) is 0. The molecule has 1 N–H and O–H groups in total. The Morgan fingerprint density at radius 2 is 2.05 bits per heavy atom. The fourth-order valence-corrected chi connectivity index (χ4v) is 1.94. The van der Waals surface area contributed by atoms with Crippen LogP contribution in [-0.4, -0.2) is 12.5 Å². The molecule has 0 aliphatic heterocycles. The van der Waals surface area contributed by atoms with Gasteiger partial charge in [-0.05, 0) is 29.8 Å². The average molecular weight is 301 g/mol. The summed E-state index contributed by atoms with van der Waals surface area (Å²) < 4.78 is 5.34. The van der Waals surface area contributed by atoms with Crippen LogP contribution in [0.5, 0.6) is 5.75 Å². The number of amides is 1. The van der Waals surface area contributed by atoms with E-state index in [9.17, 15) is 4.79 Å².